The standard InChI is InChI=1S/C8H8N4OS/c1-6-10-11-8(14)12(6)9-5-7-3-2-4-13-7/h2-5H,1H3,(H,11,14)/b9-5-. The molecule has 0 aliphatic carbocycles. The Balaban J connectivity index is 2.31. The topological polar surface area (TPSA) is 59.1 Å². The van der Waals surface area contributed by atoms with Gasteiger partial charge in [0.05, 0.1) is 12.5 Å². The highest BCUT2D eigenvalue weighted by molar-refractivity contribution is 7.71. The molecule has 0 atom stereocenters. The van der Waals surface area contributed by atoms with Crippen LogP contribution in [0.25, 0.3) is 0 Å². The van der Waals surface area contributed by atoms with Crippen LogP contribution in [0.15, 0.2) is 27.9 Å². The summed E-state index contributed by atoms with van der Waals surface area (Å²) >= 11 is 4.97. The first-order valence-corrected chi connectivity index (χ1v) is 4.40. The summed E-state index contributed by atoms with van der Waals surface area (Å²) in [6, 6.07) is 3.60. The van der Waals surface area contributed by atoms with E-state index in [9.17, 15) is 0 Å². The van der Waals surface area contributed by atoms with Crippen molar-refractivity contribution in [3.05, 3.63) is 34.8 Å². The van der Waals surface area contributed by atoms with E-state index < -0.39 is 0 Å². The van der Waals surface area contributed by atoms with Gasteiger partial charge in [-0.15, -0.1) is 0 Å². The van der Waals surface area contributed by atoms with Crippen LogP contribution < -0.4 is 0 Å². The number of nitrogens with one attached hydrogen (secondary N) is 1. The molecule has 0 bridgehead atoms. The van der Waals surface area contributed by atoms with Gasteiger partial charge < -0.3 is 4.42 Å². The van der Waals surface area contributed by atoms with Crippen molar-refractivity contribution in [1.82, 2.24) is 14.9 Å². The van der Waals surface area contributed by atoms with Crippen molar-refractivity contribution >= 4 is 18.4 Å². The van der Waals surface area contributed by atoms with Crippen LogP contribution in [-0.4, -0.2) is 21.1 Å². The van der Waals surface area contributed by atoms with Gasteiger partial charge in [0.1, 0.15) is 11.6 Å². The lowest BCUT2D eigenvalue weighted by atomic mass is 10.5. The van der Waals surface area contributed by atoms with Gasteiger partial charge in [0.25, 0.3) is 0 Å². The normalized spacial score (nSPS) is 11.2. The fraction of sp³-hybridized carbons (Fsp3) is 0.125. The largest absolute Gasteiger partial charge is 0.463 e. The molecule has 0 saturated heterocycles. The monoisotopic (exact) mass is 208 g/mol. The quantitative estimate of drug-likeness (QED) is 0.604. The maximum absolute atomic E-state index is 5.08. The van der Waals surface area contributed by atoms with Crippen LogP contribution in [0, 0.1) is 11.7 Å². The molecule has 2 aromatic heterocycles. The lowest BCUT2D eigenvalue weighted by molar-refractivity contribution is 0.559. The van der Waals surface area contributed by atoms with E-state index in [4.69, 9.17) is 16.6 Å². The van der Waals surface area contributed by atoms with Gasteiger partial charge in [-0.2, -0.15) is 14.9 Å². The van der Waals surface area contributed by atoms with Gasteiger partial charge >= 0.3 is 0 Å². The van der Waals surface area contributed by atoms with Gasteiger partial charge in [-0.1, -0.05) is 0 Å². The number of H-pyrrole nitrogens is 1. The summed E-state index contributed by atoms with van der Waals surface area (Å²) in [5.74, 6) is 1.38. The molecule has 14 heavy (non-hydrogen) atoms. The fourth-order valence-corrected chi connectivity index (χ4v) is 1.21. The molecule has 0 radical (unpaired) electrons. The third-order valence-corrected chi connectivity index (χ3v) is 1.92. The van der Waals surface area contributed by atoms with Crippen LogP contribution in [-0.2, 0) is 0 Å². The SMILES string of the molecule is Cc1n[nH]c(=S)n1/N=C\c1ccco1. The van der Waals surface area contributed by atoms with Crippen LogP contribution in [0.4, 0.5) is 0 Å². The molecule has 72 valence electrons. The number of furan rings is 1. The van der Waals surface area contributed by atoms with E-state index >= 15 is 0 Å². The van der Waals surface area contributed by atoms with Crippen molar-refractivity contribution in [1.29, 1.82) is 0 Å². The number of hydrogen-bond acceptors (Lipinski definition) is 4. The van der Waals surface area contributed by atoms with E-state index in [1.54, 1.807) is 18.5 Å². The van der Waals surface area contributed by atoms with Gasteiger partial charge in [-0.25, -0.2) is 0 Å². The van der Waals surface area contributed by atoms with E-state index in [0.717, 1.165) is 0 Å². The average Bonchev–Trinajstić information content (AvgIpc) is 2.76. The zero-order valence-electron chi connectivity index (χ0n) is 7.47. The molecule has 0 saturated carbocycles. The minimum atomic E-state index is 0.463. The number of aromatic nitrogens is 3. The second kappa shape index (κ2) is 3.59. The molecule has 1 N–H and O–H groups in total. The Bertz CT molecular complexity index is 494. The molecule has 0 unspecified atom stereocenters. The molecule has 5 nitrogen and oxygen atoms in total. The summed E-state index contributed by atoms with van der Waals surface area (Å²) in [7, 11) is 0. The number of nitrogens with zero attached hydrogens (tertiary/aromatic N) is 3. The Morgan fingerprint density at radius 2 is 2.57 bits per heavy atom. The Labute approximate surface area is 85.1 Å². The molecule has 0 fully saturated rings. The van der Waals surface area contributed by atoms with Crippen LogP contribution in [0.5, 0.6) is 0 Å². The lowest BCUT2D eigenvalue weighted by Gasteiger charge is -1.91. The summed E-state index contributed by atoms with van der Waals surface area (Å²) in [4.78, 5) is 0. The molecular weight excluding hydrogens is 200 g/mol. The van der Waals surface area contributed by atoms with Gasteiger partial charge in [-0.3, -0.25) is 5.10 Å². The maximum Gasteiger partial charge on any atom is 0.216 e. The van der Waals surface area contributed by atoms with E-state index in [1.165, 1.54) is 4.68 Å². The van der Waals surface area contributed by atoms with E-state index in [2.05, 4.69) is 15.3 Å². The number of aromatic amines is 1. The lowest BCUT2D eigenvalue weighted by Crippen LogP contribution is -1.92. The highest BCUT2D eigenvalue weighted by atomic mass is 32.1. The van der Waals surface area contributed by atoms with Crippen molar-refractivity contribution in [2.24, 2.45) is 5.10 Å². The third kappa shape index (κ3) is 1.64. The first-order valence-electron chi connectivity index (χ1n) is 3.99. The molecule has 6 heteroatoms. The first-order chi connectivity index (χ1) is 6.77. The second-order valence-corrected chi connectivity index (χ2v) is 3.03. The smallest absolute Gasteiger partial charge is 0.216 e. The molecule has 2 heterocycles. The number of aryl methyl sites for hydroxylation is 1. The Hall–Kier alpha value is -1.69. The van der Waals surface area contributed by atoms with Crippen LogP contribution >= 0.6 is 12.2 Å². The Morgan fingerprint density at radius 1 is 1.71 bits per heavy atom. The summed E-state index contributed by atoms with van der Waals surface area (Å²) in [5, 5.41) is 10.7. The minimum absolute atomic E-state index is 0.463. The highest BCUT2D eigenvalue weighted by Crippen LogP contribution is 1.98. The summed E-state index contributed by atoms with van der Waals surface area (Å²) in [5.41, 5.74) is 0. The summed E-state index contributed by atoms with van der Waals surface area (Å²) < 4.78 is 7.07. The van der Waals surface area contributed by atoms with Crippen LogP contribution in [0.1, 0.15) is 11.6 Å². The highest BCUT2D eigenvalue weighted by Gasteiger charge is 1.97. The molecule has 2 rings (SSSR count). The molecular formula is C8H8N4OS. The Kier molecular flexibility index (Phi) is 2.28. The zero-order valence-corrected chi connectivity index (χ0v) is 8.28. The zero-order chi connectivity index (χ0) is 9.97. The van der Waals surface area contributed by atoms with Crippen molar-refractivity contribution in [3.8, 4) is 0 Å². The van der Waals surface area contributed by atoms with E-state index in [-0.39, 0.29) is 0 Å². The molecule has 0 aliphatic rings. The number of hydrogen-bond donors (Lipinski definition) is 1. The van der Waals surface area contributed by atoms with Gasteiger partial charge in [0.2, 0.25) is 4.77 Å². The van der Waals surface area contributed by atoms with E-state index in [1.807, 2.05) is 13.0 Å². The molecule has 0 spiro atoms. The Morgan fingerprint density at radius 3 is 3.14 bits per heavy atom. The van der Waals surface area contributed by atoms with Gasteiger partial charge in [0.15, 0.2) is 0 Å². The average molecular weight is 208 g/mol. The van der Waals surface area contributed by atoms with Crippen LogP contribution in [0.2, 0.25) is 0 Å². The molecule has 2 aromatic rings. The third-order valence-electron chi connectivity index (χ3n) is 1.66. The van der Waals surface area contributed by atoms with Crippen molar-refractivity contribution in [3.63, 3.8) is 0 Å². The summed E-state index contributed by atoms with van der Waals surface area (Å²) in [6.45, 7) is 1.81. The fourth-order valence-electron chi connectivity index (χ4n) is 0.986. The molecule has 0 amide bonds. The predicted molar refractivity (Wildman–Crippen MR) is 53.8 cm³/mol. The van der Waals surface area contributed by atoms with Crippen molar-refractivity contribution in [2.75, 3.05) is 0 Å². The van der Waals surface area contributed by atoms with Crippen LogP contribution in [0.3, 0.4) is 0 Å². The molecule has 0 aliphatic heterocycles. The first kappa shape index (κ1) is 8.89. The van der Waals surface area contributed by atoms with Crippen molar-refractivity contribution < 1.29 is 4.42 Å². The van der Waals surface area contributed by atoms with Gasteiger partial charge in [-0.05, 0) is 31.3 Å². The van der Waals surface area contributed by atoms with Gasteiger partial charge in [0, 0.05) is 0 Å². The molecule has 0 aromatic carbocycles. The summed E-state index contributed by atoms with van der Waals surface area (Å²) in [6.07, 6.45) is 3.17. The van der Waals surface area contributed by atoms with E-state index in [0.29, 0.717) is 16.4 Å². The maximum atomic E-state index is 5.08. The van der Waals surface area contributed by atoms with Crippen molar-refractivity contribution in [2.45, 2.75) is 6.92 Å². The second-order valence-electron chi connectivity index (χ2n) is 2.65. The predicted octanol–water partition coefficient (Wildman–Crippen LogP) is 1.72. The number of rotatable bonds is 2. The minimum Gasteiger partial charge on any atom is -0.463 e.